The molecule has 0 radical (unpaired) electrons. The normalized spacial score (nSPS) is 16.6. The number of fused-ring (bicyclic) bond motifs is 1. The summed E-state index contributed by atoms with van der Waals surface area (Å²) < 4.78 is 69.1. The summed E-state index contributed by atoms with van der Waals surface area (Å²) >= 11 is 0. The van der Waals surface area contributed by atoms with Crippen molar-refractivity contribution < 1.29 is 31.0 Å². The summed E-state index contributed by atoms with van der Waals surface area (Å²) in [6.07, 6.45) is 0.851. The Balaban J connectivity index is 1.77. The third-order valence-electron chi connectivity index (χ3n) is 6.09. The lowest BCUT2D eigenvalue weighted by Gasteiger charge is -2.18. The van der Waals surface area contributed by atoms with Crippen LogP contribution in [0.4, 0.5) is 0 Å². The number of hydrogen-bond donors (Lipinski definition) is 0. The Morgan fingerprint density at radius 3 is 2.09 bits per heavy atom. The lowest BCUT2D eigenvalue weighted by molar-refractivity contribution is 0.368. The molecule has 0 fully saturated rings. The number of aryl methyl sites for hydroxylation is 1. The second-order valence-electron chi connectivity index (χ2n) is 7.97. The number of benzene rings is 3. The summed E-state index contributed by atoms with van der Waals surface area (Å²) in [6.45, 7) is 0. The van der Waals surface area contributed by atoms with Crippen molar-refractivity contribution in [2.24, 2.45) is 0 Å². The van der Waals surface area contributed by atoms with E-state index in [1.54, 1.807) is 63.8 Å². The molecule has 0 bridgehead atoms. The Morgan fingerprint density at radius 1 is 0.853 bits per heavy atom. The zero-order valence-electron chi connectivity index (χ0n) is 19.1. The molecule has 34 heavy (non-hydrogen) atoms. The van der Waals surface area contributed by atoms with Gasteiger partial charge in [0, 0.05) is 17.7 Å². The number of rotatable bonds is 8. The predicted octanol–water partition coefficient (Wildman–Crippen LogP) is 3.80. The van der Waals surface area contributed by atoms with E-state index in [9.17, 15) is 16.8 Å². The predicted molar refractivity (Wildman–Crippen MR) is 128 cm³/mol. The minimum absolute atomic E-state index is 0.0863. The third kappa shape index (κ3) is 4.25. The molecule has 0 amide bonds. The SMILES string of the molecule is COc1cc(OC)c(CCc2cccc3c2C(S(=O)(=O)c2ccccc2)CS3(=O)=O)c(OC)c1. The molecule has 0 saturated heterocycles. The van der Waals surface area contributed by atoms with Gasteiger partial charge < -0.3 is 14.2 Å². The fourth-order valence-corrected chi connectivity index (χ4v) is 8.84. The molecule has 4 rings (SSSR count). The van der Waals surface area contributed by atoms with Crippen LogP contribution in [0.3, 0.4) is 0 Å². The first kappa shape index (κ1) is 24.1. The van der Waals surface area contributed by atoms with E-state index in [4.69, 9.17) is 14.2 Å². The first-order valence-corrected chi connectivity index (χ1v) is 13.8. The van der Waals surface area contributed by atoms with Crippen molar-refractivity contribution >= 4 is 19.7 Å². The van der Waals surface area contributed by atoms with Crippen LogP contribution in [-0.4, -0.2) is 43.9 Å². The van der Waals surface area contributed by atoms with Crippen molar-refractivity contribution in [1.29, 1.82) is 0 Å². The van der Waals surface area contributed by atoms with Gasteiger partial charge in [0.05, 0.1) is 36.9 Å². The summed E-state index contributed by atoms with van der Waals surface area (Å²) in [4.78, 5) is 0.194. The highest BCUT2D eigenvalue weighted by atomic mass is 32.2. The molecule has 0 N–H and O–H groups in total. The fraction of sp³-hybridized carbons (Fsp3) is 0.280. The van der Waals surface area contributed by atoms with Crippen molar-refractivity contribution in [1.82, 2.24) is 0 Å². The van der Waals surface area contributed by atoms with Crippen LogP contribution >= 0.6 is 0 Å². The van der Waals surface area contributed by atoms with Crippen LogP contribution in [-0.2, 0) is 32.5 Å². The molecule has 1 atom stereocenters. The van der Waals surface area contributed by atoms with Gasteiger partial charge in [-0.15, -0.1) is 0 Å². The van der Waals surface area contributed by atoms with E-state index in [0.717, 1.165) is 5.56 Å². The molecular formula is C25H26O7S2. The van der Waals surface area contributed by atoms with Crippen LogP contribution in [0.5, 0.6) is 17.2 Å². The van der Waals surface area contributed by atoms with Gasteiger partial charge in [0.15, 0.2) is 19.7 Å². The van der Waals surface area contributed by atoms with Gasteiger partial charge in [-0.3, -0.25) is 0 Å². The van der Waals surface area contributed by atoms with Crippen molar-refractivity contribution in [3.05, 3.63) is 77.4 Å². The zero-order chi connectivity index (χ0) is 24.5. The summed E-state index contributed by atoms with van der Waals surface area (Å²) in [5.41, 5.74) is 1.81. The molecule has 0 saturated carbocycles. The van der Waals surface area contributed by atoms with Gasteiger partial charge in [0.25, 0.3) is 0 Å². The third-order valence-corrected chi connectivity index (χ3v) is 10.2. The van der Waals surface area contributed by atoms with E-state index >= 15 is 0 Å². The summed E-state index contributed by atoms with van der Waals surface area (Å²) in [6, 6.07) is 16.4. The highest BCUT2D eigenvalue weighted by Gasteiger charge is 2.44. The van der Waals surface area contributed by atoms with Crippen LogP contribution in [0.15, 0.2) is 70.5 Å². The second-order valence-corrected chi connectivity index (χ2v) is 12.1. The Morgan fingerprint density at radius 2 is 1.50 bits per heavy atom. The monoisotopic (exact) mass is 502 g/mol. The van der Waals surface area contributed by atoms with Gasteiger partial charge in [0.1, 0.15) is 22.5 Å². The highest BCUT2D eigenvalue weighted by molar-refractivity contribution is 7.96. The molecule has 1 unspecified atom stereocenters. The molecule has 9 heteroatoms. The van der Waals surface area contributed by atoms with Gasteiger partial charge in [0.2, 0.25) is 0 Å². The lowest BCUT2D eigenvalue weighted by Crippen LogP contribution is -2.17. The van der Waals surface area contributed by atoms with Crippen molar-refractivity contribution in [2.75, 3.05) is 27.1 Å². The van der Waals surface area contributed by atoms with Gasteiger partial charge >= 0.3 is 0 Å². The van der Waals surface area contributed by atoms with E-state index in [0.29, 0.717) is 41.2 Å². The van der Waals surface area contributed by atoms with E-state index in [2.05, 4.69) is 0 Å². The average Bonchev–Trinajstić information content (AvgIpc) is 3.14. The number of ether oxygens (including phenoxy) is 3. The summed E-state index contributed by atoms with van der Waals surface area (Å²) in [5.74, 6) is 1.26. The van der Waals surface area contributed by atoms with Crippen LogP contribution in [0.1, 0.15) is 21.9 Å². The molecule has 1 aliphatic rings. The van der Waals surface area contributed by atoms with Crippen molar-refractivity contribution in [3.63, 3.8) is 0 Å². The first-order valence-electron chi connectivity index (χ1n) is 10.6. The average molecular weight is 503 g/mol. The molecule has 180 valence electrons. The molecule has 1 aliphatic heterocycles. The van der Waals surface area contributed by atoms with Crippen LogP contribution in [0, 0.1) is 0 Å². The van der Waals surface area contributed by atoms with E-state index < -0.39 is 30.7 Å². The topological polar surface area (TPSA) is 96.0 Å². The van der Waals surface area contributed by atoms with E-state index in [1.165, 1.54) is 18.2 Å². The molecule has 0 spiro atoms. The second kappa shape index (κ2) is 9.31. The number of methoxy groups -OCH3 is 3. The molecule has 3 aromatic carbocycles. The van der Waals surface area contributed by atoms with Gasteiger partial charge in [-0.1, -0.05) is 30.3 Å². The maximum Gasteiger partial charge on any atom is 0.186 e. The van der Waals surface area contributed by atoms with Gasteiger partial charge in [-0.05, 0) is 42.2 Å². The van der Waals surface area contributed by atoms with Crippen molar-refractivity contribution in [2.45, 2.75) is 27.9 Å². The van der Waals surface area contributed by atoms with E-state index in [-0.39, 0.29) is 9.79 Å². The molecule has 7 nitrogen and oxygen atoms in total. The van der Waals surface area contributed by atoms with Crippen LogP contribution in [0.25, 0.3) is 0 Å². The molecule has 0 aromatic heterocycles. The first-order chi connectivity index (χ1) is 16.2. The largest absolute Gasteiger partial charge is 0.496 e. The molecular weight excluding hydrogens is 476 g/mol. The smallest absolute Gasteiger partial charge is 0.186 e. The summed E-state index contributed by atoms with van der Waals surface area (Å²) in [7, 11) is -2.99. The lowest BCUT2D eigenvalue weighted by atomic mass is 9.97. The van der Waals surface area contributed by atoms with Gasteiger partial charge in [-0.25, -0.2) is 16.8 Å². The Bertz CT molecular complexity index is 1390. The Hall–Kier alpha value is -3.04. The van der Waals surface area contributed by atoms with Crippen LogP contribution in [0.2, 0.25) is 0 Å². The molecule has 3 aromatic rings. The minimum Gasteiger partial charge on any atom is -0.496 e. The Labute approximate surface area is 200 Å². The van der Waals surface area contributed by atoms with E-state index in [1.807, 2.05) is 0 Å². The van der Waals surface area contributed by atoms with Crippen LogP contribution < -0.4 is 14.2 Å². The van der Waals surface area contributed by atoms with Crippen molar-refractivity contribution in [3.8, 4) is 17.2 Å². The molecule has 1 heterocycles. The van der Waals surface area contributed by atoms with Gasteiger partial charge in [-0.2, -0.15) is 0 Å². The highest BCUT2D eigenvalue weighted by Crippen LogP contribution is 2.43. The summed E-state index contributed by atoms with van der Waals surface area (Å²) in [5, 5.41) is -1.16. The maximum atomic E-state index is 13.5. The Kier molecular flexibility index (Phi) is 6.60. The maximum absolute atomic E-state index is 13.5. The number of hydrogen-bond acceptors (Lipinski definition) is 7. The minimum atomic E-state index is -3.91. The molecule has 0 aliphatic carbocycles. The number of sulfone groups is 2. The standard InChI is InChI=1S/C25H26O7S2/c1-30-18-14-21(31-2)20(22(15-18)32-3)13-12-17-8-7-11-23-25(17)24(16-33(23,26)27)34(28,29)19-9-5-4-6-10-19/h4-11,14-15,24H,12-13,16H2,1-3H3. The quantitative estimate of drug-likeness (QED) is 0.462. The fourth-order valence-electron chi connectivity index (χ4n) is 4.42. The zero-order valence-corrected chi connectivity index (χ0v) is 20.8.